The molecule has 23 heavy (non-hydrogen) atoms. The Bertz CT molecular complexity index is 530. The van der Waals surface area contributed by atoms with Crippen molar-refractivity contribution in [2.75, 3.05) is 18.0 Å². The number of nitrogens with zero attached hydrogens (tertiary/aromatic N) is 2. The van der Waals surface area contributed by atoms with E-state index in [1.54, 1.807) is 4.90 Å². The second-order valence-corrected chi connectivity index (χ2v) is 5.93. The lowest BCUT2D eigenvalue weighted by molar-refractivity contribution is 0.250. The van der Waals surface area contributed by atoms with Crippen molar-refractivity contribution in [3.05, 3.63) is 29.3 Å². The Morgan fingerprint density at radius 1 is 1.22 bits per heavy atom. The van der Waals surface area contributed by atoms with Crippen molar-refractivity contribution in [1.82, 2.24) is 5.32 Å². The Balaban J connectivity index is 3.04. The summed E-state index contributed by atoms with van der Waals surface area (Å²) in [6, 6.07) is 5.96. The topological polar surface area (TPSA) is 70.7 Å². The summed E-state index contributed by atoms with van der Waals surface area (Å²) in [5, 5.41) is 2.70. The number of hydrogen-bond acceptors (Lipinski definition) is 2. The number of nitrogens with two attached hydrogens (primary N) is 1. The van der Waals surface area contributed by atoms with Gasteiger partial charge in [0.25, 0.3) is 0 Å². The van der Waals surface area contributed by atoms with Crippen molar-refractivity contribution in [3.8, 4) is 0 Å². The third-order valence-corrected chi connectivity index (χ3v) is 3.66. The lowest BCUT2D eigenvalue weighted by Crippen LogP contribution is -2.46. The summed E-state index contributed by atoms with van der Waals surface area (Å²) in [6.07, 6.45) is 1.76. The number of nitrogens with one attached hydrogen (secondary N) is 1. The molecule has 0 atom stereocenters. The summed E-state index contributed by atoms with van der Waals surface area (Å²) in [6.45, 7) is 11.5. The number of aliphatic imine (C=N–C) groups is 1. The van der Waals surface area contributed by atoms with E-state index in [1.165, 1.54) is 11.1 Å². The molecule has 0 aliphatic heterocycles. The zero-order chi connectivity index (χ0) is 17.4. The molecule has 3 N–H and O–H groups in total. The van der Waals surface area contributed by atoms with E-state index in [9.17, 15) is 4.79 Å². The van der Waals surface area contributed by atoms with Crippen LogP contribution in [-0.2, 0) is 12.8 Å². The first-order valence-electron chi connectivity index (χ1n) is 8.43. The lowest BCUT2D eigenvalue weighted by atomic mass is 10.0. The van der Waals surface area contributed by atoms with Crippen LogP contribution >= 0.6 is 0 Å². The highest BCUT2D eigenvalue weighted by Crippen LogP contribution is 2.27. The van der Waals surface area contributed by atoms with Gasteiger partial charge in [0, 0.05) is 13.1 Å². The second-order valence-electron chi connectivity index (χ2n) is 5.93. The molecular formula is C18H30N4O. The highest BCUT2D eigenvalue weighted by Gasteiger charge is 2.20. The molecule has 5 nitrogen and oxygen atoms in total. The van der Waals surface area contributed by atoms with Crippen molar-refractivity contribution < 1.29 is 4.79 Å². The van der Waals surface area contributed by atoms with Gasteiger partial charge in [-0.25, -0.2) is 4.79 Å². The molecule has 0 saturated carbocycles. The highest BCUT2D eigenvalue weighted by molar-refractivity contribution is 6.04. The summed E-state index contributed by atoms with van der Waals surface area (Å²) < 4.78 is 0. The Kier molecular flexibility index (Phi) is 7.59. The minimum absolute atomic E-state index is 0.175. The first-order chi connectivity index (χ1) is 10.9. The average Bonchev–Trinajstić information content (AvgIpc) is 2.53. The zero-order valence-corrected chi connectivity index (χ0v) is 15.0. The predicted octanol–water partition coefficient (Wildman–Crippen LogP) is 3.32. The van der Waals surface area contributed by atoms with Gasteiger partial charge in [0.2, 0.25) is 0 Å². The maximum absolute atomic E-state index is 12.6. The Morgan fingerprint density at radius 2 is 1.78 bits per heavy atom. The fourth-order valence-corrected chi connectivity index (χ4v) is 2.46. The van der Waals surface area contributed by atoms with Crippen LogP contribution in [0.15, 0.2) is 23.2 Å². The number of anilines is 1. The van der Waals surface area contributed by atoms with E-state index in [-0.39, 0.29) is 12.0 Å². The van der Waals surface area contributed by atoms with E-state index in [0.717, 1.165) is 18.5 Å². The quantitative estimate of drug-likeness (QED) is 0.624. The van der Waals surface area contributed by atoms with Crippen LogP contribution in [0, 0.1) is 5.92 Å². The monoisotopic (exact) mass is 318 g/mol. The first kappa shape index (κ1) is 19.0. The van der Waals surface area contributed by atoms with Crippen LogP contribution < -0.4 is 16.0 Å². The molecule has 0 unspecified atom stereocenters. The maximum Gasteiger partial charge on any atom is 0.328 e. The van der Waals surface area contributed by atoms with Crippen LogP contribution in [0.1, 0.15) is 45.7 Å². The molecule has 0 spiro atoms. The molecule has 1 aromatic rings. The summed E-state index contributed by atoms with van der Waals surface area (Å²) in [4.78, 5) is 18.6. The maximum atomic E-state index is 12.6. The molecule has 2 amide bonds. The van der Waals surface area contributed by atoms with E-state index in [0.29, 0.717) is 19.0 Å². The predicted molar refractivity (Wildman–Crippen MR) is 98.1 cm³/mol. The molecule has 0 aliphatic rings. The number of rotatable bonds is 6. The molecule has 0 saturated heterocycles. The number of benzene rings is 1. The lowest BCUT2D eigenvalue weighted by Gasteiger charge is -2.26. The molecule has 5 heteroatoms. The number of para-hydroxylation sites is 1. The molecule has 0 radical (unpaired) electrons. The molecule has 0 fully saturated rings. The molecule has 0 aromatic heterocycles. The molecule has 128 valence electrons. The summed E-state index contributed by atoms with van der Waals surface area (Å²) in [5.41, 5.74) is 9.15. The van der Waals surface area contributed by atoms with Crippen molar-refractivity contribution >= 4 is 17.7 Å². The third kappa shape index (κ3) is 5.27. The number of carbonyl (C=O) groups excluding carboxylic acids is 1. The van der Waals surface area contributed by atoms with Crippen LogP contribution in [0.25, 0.3) is 0 Å². The summed E-state index contributed by atoms with van der Waals surface area (Å²) in [5.74, 6) is 0.578. The fourth-order valence-electron chi connectivity index (χ4n) is 2.46. The van der Waals surface area contributed by atoms with Crippen LogP contribution in [-0.4, -0.2) is 25.1 Å². The van der Waals surface area contributed by atoms with Crippen LogP contribution in [0.3, 0.4) is 0 Å². The number of hydrogen-bond donors (Lipinski definition) is 2. The van der Waals surface area contributed by atoms with Gasteiger partial charge in [0.15, 0.2) is 5.96 Å². The first-order valence-corrected chi connectivity index (χ1v) is 8.43. The number of aryl methyl sites for hydroxylation is 2. The number of urea groups is 1. The highest BCUT2D eigenvalue weighted by atomic mass is 16.2. The number of amides is 2. The molecule has 1 aromatic carbocycles. The largest absolute Gasteiger partial charge is 0.370 e. The van der Waals surface area contributed by atoms with Crippen LogP contribution in [0.4, 0.5) is 10.5 Å². The number of carbonyl (C=O) groups is 1. The fraction of sp³-hybridized carbons (Fsp3) is 0.556. The van der Waals surface area contributed by atoms with Gasteiger partial charge in [0.1, 0.15) is 0 Å². The molecule has 0 aliphatic carbocycles. The third-order valence-electron chi connectivity index (χ3n) is 3.66. The standard InChI is InChI=1S/C18H30N4O/c1-6-14-10-9-11-15(7-2)16(14)22(8-3)18(23)21-17(19)20-12-13(4)5/h9-11,13H,6-8,12H2,1-5H3,(H3,19,20,21,23). The Hall–Kier alpha value is -2.04. The molecule has 1 rings (SSSR count). The van der Waals surface area contributed by atoms with E-state index >= 15 is 0 Å². The van der Waals surface area contributed by atoms with Crippen LogP contribution in [0.2, 0.25) is 0 Å². The molecule has 0 heterocycles. The molecule has 0 bridgehead atoms. The second kappa shape index (κ2) is 9.18. The average molecular weight is 318 g/mol. The zero-order valence-electron chi connectivity index (χ0n) is 15.0. The Morgan fingerprint density at radius 3 is 2.22 bits per heavy atom. The Labute approximate surface area is 140 Å². The smallest absolute Gasteiger partial charge is 0.328 e. The SMILES string of the molecule is CCc1cccc(CC)c1N(CC)C(=O)NC(N)=NCC(C)C. The summed E-state index contributed by atoms with van der Waals surface area (Å²) >= 11 is 0. The summed E-state index contributed by atoms with van der Waals surface area (Å²) in [7, 11) is 0. The van der Waals surface area contributed by atoms with E-state index in [1.807, 2.05) is 13.0 Å². The van der Waals surface area contributed by atoms with Gasteiger partial charge in [-0.3, -0.25) is 15.2 Å². The van der Waals surface area contributed by atoms with Gasteiger partial charge in [-0.05, 0) is 36.8 Å². The van der Waals surface area contributed by atoms with Crippen molar-refractivity contribution in [2.45, 2.75) is 47.5 Å². The molecular weight excluding hydrogens is 288 g/mol. The minimum atomic E-state index is -0.229. The van der Waals surface area contributed by atoms with Crippen molar-refractivity contribution in [3.63, 3.8) is 0 Å². The van der Waals surface area contributed by atoms with Gasteiger partial charge in [0.05, 0.1) is 5.69 Å². The van der Waals surface area contributed by atoms with Crippen molar-refractivity contribution in [2.24, 2.45) is 16.6 Å². The van der Waals surface area contributed by atoms with Gasteiger partial charge in [-0.15, -0.1) is 0 Å². The van der Waals surface area contributed by atoms with Crippen molar-refractivity contribution in [1.29, 1.82) is 0 Å². The van der Waals surface area contributed by atoms with Gasteiger partial charge >= 0.3 is 6.03 Å². The van der Waals surface area contributed by atoms with E-state index in [4.69, 9.17) is 5.73 Å². The minimum Gasteiger partial charge on any atom is -0.370 e. The van der Waals surface area contributed by atoms with Gasteiger partial charge < -0.3 is 5.73 Å². The van der Waals surface area contributed by atoms with E-state index in [2.05, 4.69) is 50.1 Å². The van der Waals surface area contributed by atoms with Gasteiger partial charge in [-0.1, -0.05) is 45.9 Å². The van der Waals surface area contributed by atoms with Crippen LogP contribution in [0.5, 0.6) is 0 Å². The van der Waals surface area contributed by atoms with E-state index < -0.39 is 0 Å². The van der Waals surface area contributed by atoms with Gasteiger partial charge in [-0.2, -0.15) is 0 Å². The number of guanidine groups is 1. The normalized spacial score (nSPS) is 11.7.